The van der Waals surface area contributed by atoms with Gasteiger partial charge in [0.1, 0.15) is 23.7 Å². The zero-order valence-electron chi connectivity index (χ0n) is 17.1. The maximum atomic E-state index is 12.7. The molecule has 29 heavy (non-hydrogen) atoms. The number of nitrogens with zero attached hydrogens (tertiary/aromatic N) is 6. The third-order valence-corrected chi connectivity index (χ3v) is 4.69. The molecule has 8 heteroatoms. The van der Waals surface area contributed by atoms with Gasteiger partial charge in [-0.2, -0.15) is 5.10 Å². The van der Waals surface area contributed by atoms with Crippen LogP contribution >= 0.6 is 0 Å². The Morgan fingerprint density at radius 1 is 1.10 bits per heavy atom. The van der Waals surface area contributed by atoms with Gasteiger partial charge in [0.15, 0.2) is 0 Å². The van der Waals surface area contributed by atoms with Crippen LogP contribution in [-0.4, -0.2) is 56.1 Å². The number of likely N-dealkylation sites (N-methyl/N-ethyl adjacent to an activating group) is 1. The number of pyridine rings is 1. The summed E-state index contributed by atoms with van der Waals surface area (Å²) >= 11 is 0. The van der Waals surface area contributed by atoms with Gasteiger partial charge in [0.25, 0.3) is 5.56 Å². The van der Waals surface area contributed by atoms with Crippen molar-refractivity contribution in [1.82, 2.24) is 28.9 Å². The second kappa shape index (κ2) is 7.63. The first-order chi connectivity index (χ1) is 13.9. The highest BCUT2D eigenvalue weighted by atomic mass is 16.5. The van der Waals surface area contributed by atoms with Crippen LogP contribution in [0, 0.1) is 6.92 Å². The first-order valence-corrected chi connectivity index (χ1v) is 9.62. The molecule has 0 fully saturated rings. The summed E-state index contributed by atoms with van der Waals surface area (Å²) in [7, 11) is 3.97. The van der Waals surface area contributed by atoms with Gasteiger partial charge in [0.2, 0.25) is 0 Å². The Balaban J connectivity index is 1.72. The summed E-state index contributed by atoms with van der Waals surface area (Å²) < 4.78 is 9.02. The van der Waals surface area contributed by atoms with Crippen LogP contribution < -0.4 is 10.3 Å². The summed E-state index contributed by atoms with van der Waals surface area (Å²) in [5.74, 6) is 0.637. The number of ether oxygens (including phenoxy) is 1. The van der Waals surface area contributed by atoms with Crippen molar-refractivity contribution in [2.24, 2.45) is 0 Å². The summed E-state index contributed by atoms with van der Waals surface area (Å²) in [5.41, 5.74) is 4.37. The maximum absolute atomic E-state index is 12.7. The molecule has 0 bridgehead atoms. The van der Waals surface area contributed by atoms with Crippen LogP contribution in [-0.2, 0) is 6.42 Å². The topological polar surface area (TPSA) is 77.0 Å². The summed E-state index contributed by atoms with van der Waals surface area (Å²) in [6.45, 7) is 5.35. The molecule has 4 aromatic rings. The molecule has 0 aromatic carbocycles. The van der Waals surface area contributed by atoms with E-state index in [9.17, 15) is 4.79 Å². The van der Waals surface area contributed by atoms with E-state index in [1.165, 1.54) is 10.5 Å². The molecule has 0 spiro atoms. The van der Waals surface area contributed by atoms with Crippen molar-refractivity contribution in [3.63, 3.8) is 0 Å². The lowest BCUT2D eigenvalue weighted by Gasteiger charge is -2.11. The van der Waals surface area contributed by atoms with Crippen LogP contribution in [0.4, 0.5) is 0 Å². The number of rotatable bonds is 6. The Labute approximate surface area is 168 Å². The molecule has 150 valence electrons. The molecule has 0 radical (unpaired) electrons. The van der Waals surface area contributed by atoms with E-state index in [1.807, 2.05) is 48.8 Å². The second-order valence-corrected chi connectivity index (χ2v) is 7.27. The fourth-order valence-corrected chi connectivity index (χ4v) is 3.22. The van der Waals surface area contributed by atoms with E-state index >= 15 is 0 Å². The Kier molecular flexibility index (Phi) is 5.02. The molecule has 0 saturated heterocycles. The minimum Gasteiger partial charge on any atom is -0.491 e. The van der Waals surface area contributed by atoms with Crippen molar-refractivity contribution in [2.45, 2.75) is 20.3 Å². The zero-order valence-corrected chi connectivity index (χ0v) is 17.1. The van der Waals surface area contributed by atoms with Gasteiger partial charge in [-0.05, 0) is 45.6 Å². The molecule has 8 nitrogen and oxygen atoms in total. The average Bonchev–Trinajstić information content (AvgIpc) is 3.11. The number of aromatic nitrogens is 5. The van der Waals surface area contributed by atoms with Crippen molar-refractivity contribution in [3.8, 4) is 17.1 Å². The number of aryl methyl sites for hydroxylation is 2. The van der Waals surface area contributed by atoms with Crippen LogP contribution in [0.1, 0.15) is 18.3 Å². The molecular weight excluding hydrogens is 368 g/mol. The molecule has 0 aliphatic heterocycles. The lowest BCUT2D eigenvalue weighted by atomic mass is 10.2. The SMILES string of the molecule is CCc1nc(C)cn2nc(-c3cc(=O)n4cc(OCCN(C)C)ccc4n3)cc12. The fourth-order valence-electron chi connectivity index (χ4n) is 3.22. The lowest BCUT2D eigenvalue weighted by Crippen LogP contribution is -2.20. The summed E-state index contributed by atoms with van der Waals surface area (Å²) in [6, 6.07) is 7.05. The molecule has 0 aliphatic carbocycles. The summed E-state index contributed by atoms with van der Waals surface area (Å²) in [6.07, 6.45) is 4.36. The molecular formula is C21H24N6O2. The van der Waals surface area contributed by atoms with Crippen LogP contribution in [0.3, 0.4) is 0 Å². The van der Waals surface area contributed by atoms with Crippen LogP contribution in [0.15, 0.2) is 41.5 Å². The molecule has 0 N–H and O–H groups in total. The largest absolute Gasteiger partial charge is 0.491 e. The highest BCUT2D eigenvalue weighted by Gasteiger charge is 2.12. The molecule has 0 saturated carbocycles. The average molecular weight is 392 g/mol. The van der Waals surface area contributed by atoms with E-state index in [-0.39, 0.29) is 5.56 Å². The van der Waals surface area contributed by atoms with Crippen molar-refractivity contribution < 1.29 is 4.74 Å². The maximum Gasteiger partial charge on any atom is 0.258 e. The van der Waals surface area contributed by atoms with Crippen molar-refractivity contribution in [1.29, 1.82) is 0 Å². The third-order valence-electron chi connectivity index (χ3n) is 4.69. The lowest BCUT2D eigenvalue weighted by molar-refractivity contribution is 0.260. The predicted molar refractivity (Wildman–Crippen MR) is 112 cm³/mol. The zero-order chi connectivity index (χ0) is 20.5. The van der Waals surface area contributed by atoms with Gasteiger partial charge in [-0.25, -0.2) is 9.50 Å². The van der Waals surface area contributed by atoms with Gasteiger partial charge in [0, 0.05) is 12.6 Å². The van der Waals surface area contributed by atoms with Crippen LogP contribution in [0.25, 0.3) is 22.6 Å². The molecule has 0 aliphatic rings. The van der Waals surface area contributed by atoms with Gasteiger partial charge in [-0.3, -0.25) is 14.2 Å². The van der Waals surface area contributed by atoms with E-state index in [2.05, 4.69) is 22.0 Å². The minimum absolute atomic E-state index is 0.176. The van der Waals surface area contributed by atoms with E-state index in [1.54, 1.807) is 12.3 Å². The number of fused-ring (bicyclic) bond motifs is 2. The van der Waals surface area contributed by atoms with E-state index in [0.29, 0.717) is 29.4 Å². The van der Waals surface area contributed by atoms with Crippen molar-refractivity contribution in [3.05, 3.63) is 58.4 Å². The Morgan fingerprint density at radius 2 is 1.93 bits per heavy atom. The first kappa shape index (κ1) is 19.1. The highest BCUT2D eigenvalue weighted by Crippen LogP contribution is 2.20. The molecule has 0 amide bonds. The number of hydrogen-bond acceptors (Lipinski definition) is 6. The van der Waals surface area contributed by atoms with E-state index in [4.69, 9.17) is 4.74 Å². The Hall–Kier alpha value is -3.26. The summed E-state index contributed by atoms with van der Waals surface area (Å²) in [4.78, 5) is 24.0. The fraction of sp³-hybridized carbons (Fsp3) is 0.333. The van der Waals surface area contributed by atoms with Crippen LogP contribution in [0.2, 0.25) is 0 Å². The predicted octanol–water partition coefficient (Wildman–Crippen LogP) is 2.22. The highest BCUT2D eigenvalue weighted by molar-refractivity contribution is 5.66. The van der Waals surface area contributed by atoms with Crippen molar-refractivity contribution >= 4 is 11.2 Å². The van der Waals surface area contributed by atoms with Gasteiger partial charge >= 0.3 is 0 Å². The Bertz CT molecular complexity index is 1240. The smallest absolute Gasteiger partial charge is 0.258 e. The summed E-state index contributed by atoms with van der Waals surface area (Å²) in [5, 5.41) is 4.61. The van der Waals surface area contributed by atoms with Gasteiger partial charge in [0.05, 0.1) is 35.0 Å². The first-order valence-electron chi connectivity index (χ1n) is 9.62. The van der Waals surface area contributed by atoms with Crippen molar-refractivity contribution in [2.75, 3.05) is 27.2 Å². The van der Waals surface area contributed by atoms with Gasteiger partial charge < -0.3 is 9.64 Å². The van der Waals surface area contributed by atoms with Gasteiger partial charge in [-0.1, -0.05) is 6.92 Å². The molecule has 4 aromatic heterocycles. The second-order valence-electron chi connectivity index (χ2n) is 7.27. The molecule has 4 rings (SSSR count). The molecule has 4 heterocycles. The minimum atomic E-state index is -0.176. The standard InChI is InChI=1S/C21H24N6O2/c1-5-16-19-10-18(24-27(19)12-14(2)22-16)17-11-21(28)26-13-15(6-7-20(26)23-17)29-9-8-25(3)4/h6-7,10-13H,5,8-9H2,1-4H3. The normalized spacial score (nSPS) is 11.6. The van der Waals surface area contributed by atoms with E-state index < -0.39 is 0 Å². The van der Waals surface area contributed by atoms with Crippen LogP contribution in [0.5, 0.6) is 5.75 Å². The molecule has 0 unspecified atom stereocenters. The molecule has 0 atom stereocenters. The monoisotopic (exact) mass is 392 g/mol. The van der Waals surface area contributed by atoms with E-state index in [0.717, 1.165) is 29.9 Å². The van der Waals surface area contributed by atoms with Gasteiger partial charge in [-0.15, -0.1) is 0 Å². The third kappa shape index (κ3) is 3.84. The number of hydrogen-bond donors (Lipinski definition) is 0. The Morgan fingerprint density at radius 3 is 2.69 bits per heavy atom. The quantitative estimate of drug-likeness (QED) is 0.501.